The number of hydrogen-bond acceptors (Lipinski definition) is 3. The summed E-state index contributed by atoms with van der Waals surface area (Å²) in [5.74, 6) is 1.24. The average Bonchev–Trinajstić information content (AvgIpc) is 3.36. The first-order chi connectivity index (χ1) is 13.6. The number of hydrogen-bond donors (Lipinski definition) is 1. The predicted octanol–water partition coefficient (Wildman–Crippen LogP) is 3.52. The second-order valence-corrected chi connectivity index (χ2v) is 8.38. The topological polar surface area (TPSA) is 52.2 Å². The number of aryl methyl sites for hydroxylation is 1. The zero-order chi connectivity index (χ0) is 19.3. The molecule has 0 saturated carbocycles. The van der Waals surface area contributed by atoms with Crippen LogP contribution in [-0.2, 0) is 11.3 Å². The lowest BCUT2D eigenvalue weighted by molar-refractivity contribution is -0.130. The third kappa shape index (κ3) is 2.90. The Morgan fingerprint density at radius 3 is 2.86 bits per heavy atom. The first-order valence-electron chi connectivity index (χ1n) is 10.1. The Bertz CT molecular complexity index is 1030. The van der Waals surface area contributed by atoms with Gasteiger partial charge in [-0.3, -0.25) is 14.8 Å². The summed E-state index contributed by atoms with van der Waals surface area (Å²) in [5, 5.41) is 8.34. The highest BCUT2D eigenvalue weighted by molar-refractivity contribution is 5.78. The molecule has 3 aromatic rings. The van der Waals surface area contributed by atoms with Gasteiger partial charge in [0.1, 0.15) is 0 Å². The second kappa shape index (κ2) is 6.74. The second-order valence-electron chi connectivity index (χ2n) is 8.38. The van der Waals surface area contributed by atoms with E-state index in [-0.39, 0.29) is 11.9 Å². The third-order valence-electron chi connectivity index (χ3n) is 6.56. The maximum absolute atomic E-state index is 12.3. The van der Waals surface area contributed by atoms with Gasteiger partial charge in [0.2, 0.25) is 5.91 Å². The van der Waals surface area contributed by atoms with Gasteiger partial charge < -0.3 is 4.90 Å². The van der Waals surface area contributed by atoms with Crippen LogP contribution in [0.4, 0.5) is 0 Å². The number of amides is 1. The Hall–Kier alpha value is -2.66. The number of fused-ring (bicyclic) bond motifs is 2. The Morgan fingerprint density at radius 2 is 2.04 bits per heavy atom. The lowest BCUT2D eigenvalue weighted by atomic mass is 9.87. The van der Waals surface area contributed by atoms with Crippen LogP contribution in [0.5, 0.6) is 0 Å². The zero-order valence-corrected chi connectivity index (χ0v) is 16.4. The van der Waals surface area contributed by atoms with Crippen LogP contribution in [-0.4, -0.2) is 45.5 Å². The predicted molar refractivity (Wildman–Crippen MR) is 110 cm³/mol. The SMILES string of the molecule is CC(=O)N1C[C@H]2CN(Cc3ccc4cn[nH]c4c3)C[C@H]2[C@@H]1c1ccccc1C. The average molecular weight is 374 g/mol. The third-order valence-corrected chi connectivity index (χ3v) is 6.56. The fourth-order valence-electron chi connectivity index (χ4n) is 5.25. The molecule has 144 valence electrons. The number of nitrogens with zero attached hydrogens (tertiary/aromatic N) is 3. The van der Waals surface area contributed by atoms with E-state index in [4.69, 9.17) is 0 Å². The van der Waals surface area contributed by atoms with E-state index in [9.17, 15) is 4.79 Å². The summed E-state index contributed by atoms with van der Waals surface area (Å²) in [6.45, 7) is 7.78. The van der Waals surface area contributed by atoms with Gasteiger partial charge in [0, 0.05) is 44.4 Å². The Labute approximate surface area is 165 Å². The van der Waals surface area contributed by atoms with Gasteiger partial charge in [-0.05, 0) is 35.6 Å². The Morgan fingerprint density at radius 1 is 1.18 bits per heavy atom. The van der Waals surface area contributed by atoms with E-state index in [2.05, 4.69) is 69.4 Å². The molecule has 0 bridgehead atoms. The van der Waals surface area contributed by atoms with Crippen LogP contribution in [0.2, 0.25) is 0 Å². The zero-order valence-electron chi connectivity index (χ0n) is 16.4. The van der Waals surface area contributed by atoms with Gasteiger partial charge in [-0.2, -0.15) is 5.10 Å². The molecule has 0 unspecified atom stereocenters. The van der Waals surface area contributed by atoms with Gasteiger partial charge in [0.25, 0.3) is 0 Å². The van der Waals surface area contributed by atoms with Crippen LogP contribution in [0.15, 0.2) is 48.7 Å². The number of benzene rings is 2. The summed E-state index contributed by atoms with van der Waals surface area (Å²) in [6.07, 6.45) is 1.86. The van der Waals surface area contributed by atoms with Crippen LogP contribution in [0.1, 0.15) is 29.7 Å². The quantitative estimate of drug-likeness (QED) is 0.763. The molecule has 1 aromatic heterocycles. The number of H-pyrrole nitrogens is 1. The van der Waals surface area contributed by atoms with Crippen molar-refractivity contribution >= 4 is 16.8 Å². The minimum Gasteiger partial charge on any atom is -0.335 e. The van der Waals surface area contributed by atoms with Crippen molar-refractivity contribution in [2.45, 2.75) is 26.4 Å². The summed E-state index contributed by atoms with van der Waals surface area (Å²) in [5.41, 5.74) is 5.00. The highest BCUT2D eigenvalue weighted by Crippen LogP contribution is 2.46. The Kier molecular flexibility index (Phi) is 4.20. The van der Waals surface area contributed by atoms with E-state index in [0.29, 0.717) is 11.8 Å². The van der Waals surface area contributed by atoms with Crippen LogP contribution in [0.25, 0.3) is 10.9 Å². The number of nitrogens with one attached hydrogen (secondary N) is 1. The van der Waals surface area contributed by atoms with Crippen molar-refractivity contribution in [3.8, 4) is 0 Å². The molecule has 5 heteroatoms. The maximum Gasteiger partial charge on any atom is 0.219 e. The van der Waals surface area contributed by atoms with Crippen molar-refractivity contribution in [1.29, 1.82) is 0 Å². The van der Waals surface area contributed by atoms with E-state index in [1.165, 1.54) is 16.7 Å². The molecular formula is C23H26N4O. The van der Waals surface area contributed by atoms with Crippen LogP contribution < -0.4 is 0 Å². The fraction of sp³-hybridized carbons (Fsp3) is 0.391. The van der Waals surface area contributed by atoms with Crippen molar-refractivity contribution in [3.05, 3.63) is 65.4 Å². The van der Waals surface area contributed by atoms with Gasteiger partial charge >= 0.3 is 0 Å². The number of likely N-dealkylation sites (tertiary alicyclic amines) is 2. The first-order valence-corrected chi connectivity index (χ1v) is 10.1. The number of carbonyl (C=O) groups is 1. The standard InChI is InChI=1S/C23H26N4O/c1-15-5-3-4-6-20(15)23-21-14-26(12-19(21)13-27(23)16(2)28)11-17-7-8-18-10-24-25-22(18)9-17/h3-10,19,21,23H,11-14H2,1-2H3,(H,24,25)/t19-,21-,23+/m1/s1. The highest BCUT2D eigenvalue weighted by Gasteiger charge is 2.48. The lowest BCUT2D eigenvalue weighted by Crippen LogP contribution is -2.34. The van der Waals surface area contributed by atoms with Gasteiger partial charge in [0.05, 0.1) is 17.8 Å². The summed E-state index contributed by atoms with van der Waals surface area (Å²) in [6, 6.07) is 15.3. The molecule has 0 spiro atoms. The molecule has 2 fully saturated rings. The summed E-state index contributed by atoms with van der Waals surface area (Å²) < 4.78 is 0. The fourth-order valence-corrected chi connectivity index (χ4v) is 5.25. The molecule has 1 amide bonds. The molecule has 1 N–H and O–H groups in total. The molecule has 2 aromatic carbocycles. The smallest absolute Gasteiger partial charge is 0.219 e. The monoisotopic (exact) mass is 374 g/mol. The number of carbonyl (C=O) groups excluding carboxylic acids is 1. The Balaban J connectivity index is 1.38. The largest absolute Gasteiger partial charge is 0.335 e. The van der Waals surface area contributed by atoms with Gasteiger partial charge in [-0.25, -0.2) is 0 Å². The maximum atomic E-state index is 12.3. The molecule has 2 aliphatic heterocycles. The van der Waals surface area contributed by atoms with E-state index in [0.717, 1.165) is 37.1 Å². The van der Waals surface area contributed by atoms with Crippen molar-refractivity contribution in [2.75, 3.05) is 19.6 Å². The molecule has 0 aliphatic carbocycles. The molecule has 3 heterocycles. The van der Waals surface area contributed by atoms with E-state index in [1.54, 1.807) is 6.92 Å². The lowest BCUT2D eigenvalue weighted by Gasteiger charge is -2.30. The normalized spacial score (nSPS) is 24.8. The number of aromatic amines is 1. The van der Waals surface area contributed by atoms with Crippen LogP contribution in [0, 0.1) is 18.8 Å². The summed E-state index contributed by atoms with van der Waals surface area (Å²) in [7, 11) is 0. The highest BCUT2D eigenvalue weighted by atomic mass is 16.2. The molecule has 3 atom stereocenters. The van der Waals surface area contributed by atoms with E-state index < -0.39 is 0 Å². The molecule has 5 nitrogen and oxygen atoms in total. The molecule has 28 heavy (non-hydrogen) atoms. The van der Waals surface area contributed by atoms with Crippen molar-refractivity contribution in [2.24, 2.45) is 11.8 Å². The molecular weight excluding hydrogens is 348 g/mol. The van der Waals surface area contributed by atoms with Gasteiger partial charge in [0.15, 0.2) is 0 Å². The van der Waals surface area contributed by atoms with Crippen LogP contribution >= 0.6 is 0 Å². The molecule has 2 saturated heterocycles. The molecule has 5 rings (SSSR count). The van der Waals surface area contributed by atoms with Gasteiger partial charge in [-0.15, -0.1) is 0 Å². The molecule has 0 radical (unpaired) electrons. The van der Waals surface area contributed by atoms with Crippen molar-refractivity contribution in [1.82, 2.24) is 20.0 Å². The van der Waals surface area contributed by atoms with E-state index in [1.807, 2.05) is 6.20 Å². The van der Waals surface area contributed by atoms with Gasteiger partial charge in [-0.1, -0.05) is 36.4 Å². The van der Waals surface area contributed by atoms with Crippen molar-refractivity contribution in [3.63, 3.8) is 0 Å². The summed E-state index contributed by atoms with van der Waals surface area (Å²) in [4.78, 5) is 17.0. The number of rotatable bonds is 3. The van der Waals surface area contributed by atoms with E-state index >= 15 is 0 Å². The summed E-state index contributed by atoms with van der Waals surface area (Å²) >= 11 is 0. The van der Waals surface area contributed by atoms with Crippen molar-refractivity contribution < 1.29 is 4.79 Å². The minimum atomic E-state index is 0.193. The first kappa shape index (κ1) is 17.4. The van der Waals surface area contributed by atoms with Crippen LogP contribution in [0.3, 0.4) is 0 Å². The number of aromatic nitrogens is 2. The molecule has 2 aliphatic rings. The minimum absolute atomic E-state index is 0.193.